The van der Waals surface area contributed by atoms with Crippen LogP contribution >= 0.6 is 0 Å². The molecule has 2 atom stereocenters. The van der Waals surface area contributed by atoms with Crippen molar-refractivity contribution in [3.8, 4) is 0 Å². The Labute approximate surface area is 89.2 Å². The van der Waals surface area contributed by atoms with Crippen molar-refractivity contribution < 1.29 is 18.3 Å². The third-order valence-corrected chi connectivity index (χ3v) is 3.17. The van der Waals surface area contributed by atoms with Gasteiger partial charge in [-0.3, -0.25) is 10.4 Å². The Morgan fingerprint density at radius 3 is 3.12 bits per heavy atom. The number of H-pyrrole nitrogens is 1. The molecule has 2 N–H and O–H groups in total. The maximum atomic E-state index is 13.6. The van der Waals surface area contributed by atoms with Gasteiger partial charge in [-0.25, -0.2) is 4.79 Å². The van der Waals surface area contributed by atoms with Crippen LogP contribution in [0.15, 0.2) is 0 Å². The topological polar surface area (TPSA) is 67.0 Å². The lowest BCUT2D eigenvalue weighted by Gasteiger charge is -2.09. The zero-order valence-corrected chi connectivity index (χ0v) is 8.38. The lowest BCUT2D eigenvalue weighted by molar-refractivity contribution is -0.0268. The molecule has 1 heterocycles. The molecule has 2 aliphatic rings. The van der Waals surface area contributed by atoms with E-state index in [0.717, 1.165) is 0 Å². The summed E-state index contributed by atoms with van der Waals surface area (Å²) >= 11 is 0. The van der Waals surface area contributed by atoms with Gasteiger partial charge < -0.3 is 4.74 Å². The lowest BCUT2D eigenvalue weighted by atomic mass is 10.1. The fraction of sp³-hybridized carbons (Fsp3) is 0.556. The Hall–Kier alpha value is -1.66. The van der Waals surface area contributed by atoms with Crippen LogP contribution in [0.5, 0.6) is 0 Å². The van der Waals surface area contributed by atoms with Gasteiger partial charge in [0, 0.05) is 11.5 Å². The van der Waals surface area contributed by atoms with Crippen molar-refractivity contribution in [3.05, 3.63) is 11.3 Å². The van der Waals surface area contributed by atoms with Crippen molar-refractivity contribution in [1.29, 1.82) is 0 Å². The number of halogens is 2. The molecule has 1 aromatic rings. The largest absolute Gasteiger partial charge is 0.453 e. The molecule has 0 unspecified atom stereocenters. The second kappa shape index (κ2) is 2.72. The molecule has 5 nitrogen and oxygen atoms in total. The highest BCUT2D eigenvalue weighted by Crippen LogP contribution is 2.67. The standard InChI is InChI=1S/C9H9F2N3O2/c1-16-8(15)12-7-5-3-2-4(3)9(10,11)6(5)13-14-7/h3-4H,2H2,1H3,(H2,12,13,14,15)/t3-,4+/m0/s1. The van der Waals surface area contributed by atoms with Gasteiger partial charge in [-0.05, 0) is 12.3 Å². The number of alkyl halides is 2. The molecule has 1 fully saturated rings. The molecule has 1 saturated carbocycles. The van der Waals surface area contributed by atoms with E-state index in [1.165, 1.54) is 7.11 Å². The zero-order chi connectivity index (χ0) is 11.5. The molecular weight excluding hydrogens is 220 g/mol. The van der Waals surface area contributed by atoms with Crippen LogP contribution in [0.1, 0.15) is 23.6 Å². The number of nitrogens with one attached hydrogen (secondary N) is 2. The number of aromatic amines is 1. The van der Waals surface area contributed by atoms with E-state index in [1.54, 1.807) is 0 Å². The summed E-state index contributed by atoms with van der Waals surface area (Å²) < 4.78 is 31.6. The Kier molecular flexibility index (Phi) is 1.62. The summed E-state index contributed by atoms with van der Waals surface area (Å²) in [5.74, 6) is -3.50. The second-order valence-corrected chi connectivity index (χ2v) is 4.05. The van der Waals surface area contributed by atoms with Gasteiger partial charge >= 0.3 is 6.09 Å². The quantitative estimate of drug-likeness (QED) is 0.771. The molecule has 0 saturated heterocycles. The van der Waals surface area contributed by atoms with Crippen molar-refractivity contribution >= 4 is 11.9 Å². The number of amides is 1. The lowest BCUT2D eigenvalue weighted by Crippen LogP contribution is -2.14. The number of hydrogen-bond acceptors (Lipinski definition) is 3. The minimum Gasteiger partial charge on any atom is -0.453 e. The molecule has 0 spiro atoms. The Morgan fingerprint density at radius 1 is 1.69 bits per heavy atom. The first-order valence-electron chi connectivity index (χ1n) is 4.87. The van der Waals surface area contributed by atoms with Gasteiger partial charge in [0.15, 0.2) is 5.82 Å². The maximum absolute atomic E-state index is 13.6. The van der Waals surface area contributed by atoms with E-state index < -0.39 is 17.9 Å². The van der Waals surface area contributed by atoms with Crippen LogP contribution in [0.3, 0.4) is 0 Å². The summed E-state index contributed by atoms with van der Waals surface area (Å²) in [5.41, 5.74) is 0.264. The van der Waals surface area contributed by atoms with E-state index in [1.807, 2.05) is 0 Å². The predicted octanol–water partition coefficient (Wildman–Crippen LogP) is 1.80. The molecule has 3 rings (SSSR count). The third kappa shape index (κ3) is 1.03. The summed E-state index contributed by atoms with van der Waals surface area (Å²) in [6, 6.07) is 0. The highest BCUT2D eigenvalue weighted by molar-refractivity contribution is 5.85. The summed E-state index contributed by atoms with van der Waals surface area (Å²) in [6.45, 7) is 0. The van der Waals surface area contributed by atoms with E-state index in [0.29, 0.717) is 12.0 Å². The van der Waals surface area contributed by atoms with E-state index >= 15 is 0 Å². The Balaban J connectivity index is 1.97. The number of fused-ring (bicyclic) bond motifs is 3. The van der Waals surface area contributed by atoms with Gasteiger partial charge in [0.05, 0.1) is 7.11 Å². The number of ether oxygens (including phenoxy) is 1. The summed E-state index contributed by atoms with van der Waals surface area (Å²) in [5, 5.41) is 8.31. The molecule has 1 aromatic heterocycles. The first-order chi connectivity index (χ1) is 7.55. The molecule has 0 bridgehead atoms. The SMILES string of the molecule is COC(=O)Nc1n[nH]c2c1[C@H]1C[C@H]1C2(F)F. The average molecular weight is 229 g/mol. The predicted molar refractivity (Wildman–Crippen MR) is 49.4 cm³/mol. The summed E-state index contributed by atoms with van der Waals surface area (Å²) in [7, 11) is 1.21. The first-order valence-corrected chi connectivity index (χ1v) is 4.87. The van der Waals surface area contributed by atoms with Gasteiger partial charge in [-0.2, -0.15) is 13.9 Å². The second-order valence-electron chi connectivity index (χ2n) is 4.05. The maximum Gasteiger partial charge on any atom is 0.412 e. The highest BCUT2D eigenvalue weighted by Gasteiger charge is 2.66. The Bertz CT molecular complexity index is 471. The van der Waals surface area contributed by atoms with E-state index in [2.05, 4.69) is 20.3 Å². The van der Waals surface area contributed by atoms with Gasteiger partial charge in [-0.15, -0.1) is 0 Å². The molecule has 86 valence electrons. The average Bonchev–Trinajstić information content (AvgIpc) is 2.88. The van der Waals surface area contributed by atoms with Gasteiger partial charge in [0.2, 0.25) is 0 Å². The molecular formula is C9H9F2N3O2. The van der Waals surface area contributed by atoms with Crippen LogP contribution < -0.4 is 5.32 Å². The third-order valence-electron chi connectivity index (χ3n) is 3.17. The van der Waals surface area contributed by atoms with Crippen LogP contribution in [-0.4, -0.2) is 23.4 Å². The van der Waals surface area contributed by atoms with Crippen LogP contribution in [0.2, 0.25) is 0 Å². The van der Waals surface area contributed by atoms with Crippen molar-refractivity contribution in [2.24, 2.45) is 5.92 Å². The highest BCUT2D eigenvalue weighted by atomic mass is 19.3. The van der Waals surface area contributed by atoms with Gasteiger partial charge in [-0.1, -0.05) is 0 Å². The zero-order valence-electron chi connectivity index (χ0n) is 8.38. The first kappa shape index (κ1) is 9.56. The Morgan fingerprint density at radius 2 is 2.44 bits per heavy atom. The van der Waals surface area contributed by atoms with E-state index in [4.69, 9.17) is 0 Å². The van der Waals surface area contributed by atoms with Gasteiger partial charge in [0.1, 0.15) is 5.69 Å². The van der Waals surface area contributed by atoms with Crippen molar-refractivity contribution in [2.45, 2.75) is 18.3 Å². The number of carbonyl (C=O) groups is 1. The normalized spacial score (nSPS) is 28.2. The number of carbonyl (C=O) groups excluding carboxylic acids is 1. The van der Waals surface area contributed by atoms with Crippen molar-refractivity contribution in [1.82, 2.24) is 10.2 Å². The molecule has 1 amide bonds. The molecule has 16 heavy (non-hydrogen) atoms. The van der Waals surface area contributed by atoms with Crippen LogP contribution in [0.4, 0.5) is 19.4 Å². The van der Waals surface area contributed by atoms with Gasteiger partial charge in [0.25, 0.3) is 5.92 Å². The number of nitrogens with zero attached hydrogens (tertiary/aromatic N) is 1. The van der Waals surface area contributed by atoms with E-state index in [9.17, 15) is 13.6 Å². The monoisotopic (exact) mass is 229 g/mol. The number of aromatic nitrogens is 2. The fourth-order valence-electron chi connectivity index (χ4n) is 2.31. The van der Waals surface area contributed by atoms with Crippen molar-refractivity contribution in [2.75, 3.05) is 12.4 Å². The fourth-order valence-corrected chi connectivity index (χ4v) is 2.31. The molecule has 0 radical (unpaired) electrons. The molecule has 2 aliphatic carbocycles. The van der Waals surface area contributed by atoms with Crippen LogP contribution in [0.25, 0.3) is 0 Å². The summed E-state index contributed by atoms with van der Waals surface area (Å²) in [6.07, 6.45) is -0.253. The van der Waals surface area contributed by atoms with Crippen LogP contribution in [-0.2, 0) is 10.7 Å². The van der Waals surface area contributed by atoms with Crippen molar-refractivity contribution in [3.63, 3.8) is 0 Å². The smallest absolute Gasteiger partial charge is 0.412 e. The number of methoxy groups -OCH3 is 1. The molecule has 7 heteroatoms. The molecule has 0 aliphatic heterocycles. The van der Waals surface area contributed by atoms with Crippen LogP contribution in [0, 0.1) is 5.92 Å². The number of anilines is 1. The molecule has 0 aromatic carbocycles. The number of hydrogen-bond donors (Lipinski definition) is 2. The number of rotatable bonds is 1. The minimum atomic E-state index is -2.84. The minimum absolute atomic E-state index is 0.159. The summed E-state index contributed by atoms with van der Waals surface area (Å²) in [4.78, 5) is 11.0. The van der Waals surface area contributed by atoms with E-state index in [-0.39, 0.29) is 17.4 Å².